The Kier molecular flexibility index (Phi) is 6.75. The average Bonchev–Trinajstić information content (AvgIpc) is 2.63. The Morgan fingerprint density at radius 2 is 1.84 bits per heavy atom. The van der Waals surface area contributed by atoms with Crippen LogP contribution in [0.2, 0.25) is 0 Å². The number of carbonyl (C=O) groups excluding carboxylic acids is 2. The molecule has 4 nitrogen and oxygen atoms in total. The molecule has 2 aromatic carbocycles. The summed E-state index contributed by atoms with van der Waals surface area (Å²) < 4.78 is 5.31. The summed E-state index contributed by atoms with van der Waals surface area (Å²) in [6.07, 6.45) is 1.14. The Morgan fingerprint density at radius 3 is 2.44 bits per heavy atom. The summed E-state index contributed by atoms with van der Waals surface area (Å²) in [5.41, 5.74) is 2.53. The smallest absolute Gasteiger partial charge is 0.224 e. The van der Waals surface area contributed by atoms with Crippen molar-refractivity contribution in [3.8, 4) is 5.75 Å². The van der Waals surface area contributed by atoms with Crippen molar-refractivity contribution in [3.05, 3.63) is 65.2 Å². The second-order valence-corrected chi connectivity index (χ2v) is 6.08. The molecule has 1 unspecified atom stereocenters. The van der Waals surface area contributed by atoms with Crippen molar-refractivity contribution in [2.75, 3.05) is 13.7 Å². The standard InChI is InChI=1S/C21H25NO3/c1-4-16(17-8-6-5-7-9-17)14-22-21(24)13-19-12-18(15(2)23)10-11-20(19)25-3/h5-12,16H,4,13-14H2,1-3H3,(H,22,24). The summed E-state index contributed by atoms with van der Waals surface area (Å²) in [7, 11) is 1.56. The molecule has 0 radical (unpaired) electrons. The molecule has 0 fully saturated rings. The minimum atomic E-state index is -0.0756. The van der Waals surface area contributed by atoms with Gasteiger partial charge in [0.05, 0.1) is 13.5 Å². The van der Waals surface area contributed by atoms with Crippen LogP contribution in [0.5, 0.6) is 5.75 Å². The van der Waals surface area contributed by atoms with Crippen molar-refractivity contribution >= 4 is 11.7 Å². The number of carbonyl (C=O) groups is 2. The molecule has 1 amide bonds. The Morgan fingerprint density at radius 1 is 1.12 bits per heavy atom. The van der Waals surface area contributed by atoms with Gasteiger partial charge in [0.1, 0.15) is 5.75 Å². The lowest BCUT2D eigenvalue weighted by Crippen LogP contribution is -2.29. The molecular formula is C21H25NO3. The first kappa shape index (κ1) is 18.7. The molecule has 0 aliphatic heterocycles. The van der Waals surface area contributed by atoms with E-state index in [0.717, 1.165) is 12.0 Å². The molecule has 0 spiro atoms. The van der Waals surface area contributed by atoms with Crippen molar-refractivity contribution in [1.82, 2.24) is 5.32 Å². The van der Waals surface area contributed by atoms with E-state index < -0.39 is 0 Å². The van der Waals surface area contributed by atoms with Crippen molar-refractivity contribution in [2.24, 2.45) is 0 Å². The number of ether oxygens (including phenoxy) is 1. The van der Waals surface area contributed by atoms with Gasteiger partial charge >= 0.3 is 0 Å². The molecule has 0 aliphatic carbocycles. The number of rotatable bonds is 8. The fourth-order valence-electron chi connectivity index (χ4n) is 2.83. The summed E-state index contributed by atoms with van der Waals surface area (Å²) >= 11 is 0. The number of methoxy groups -OCH3 is 1. The van der Waals surface area contributed by atoms with Crippen LogP contribution in [-0.4, -0.2) is 25.3 Å². The van der Waals surface area contributed by atoms with Crippen molar-refractivity contribution in [2.45, 2.75) is 32.6 Å². The highest BCUT2D eigenvalue weighted by Crippen LogP contribution is 2.21. The zero-order valence-corrected chi connectivity index (χ0v) is 15.0. The fraction of sp³-hybridized carbons (Fsp3) is 0.333. The maximum absolute atomic E-state index is 12.4. The van der Waals surface area contributed by atoms with Gasteiger partial charge in [-0.1, -0.05) is 37.3 Å². The van der Waals surface area contributed by atoms with Crippen LogP contribution < -0.4 is 10.1 Å². The largest absolute Gasteiger partial charge is 0.496 e. The van der Waals surface area contributed by atoms with Crippen LogP contribution in [0.3, 0.4) is 0 Å². The van der Waals surface area contributed by atoms with Crippen LogP contribution >= 0.6 is 0 Å². The first-order chi connectivity index (χ1) is 12.0. The highest BCUT2D eigenvalue weighted by Gasteiger charge is 2.14. The van der Waals surface area contributed by atoms with Gasteiger partial charge in [-0.25, -0.2) is 0 Å². The Hall–Kier alpha value is -2.62. The maximum Gasteiger partial charge on any atom is 0.224 e. The molecule has 4 heteroatoms. The second kappa shape index (κ2) is 9.02. The van der Waals surface area contributed by atoms with Crippen LogP contribution in [0, 0.1) is 0 Å². The molecular weight excluding hydrogens is 314 g/mol. The minimum absolute atomic E-state index is 0.0283. The van der Waals surface area contributed by atoms with Gasteiger partial charge in [-0.05, 0) is 37.1 Å². The highest BCUT2D eigenvalue weighted by molar-refractivity contribution is 5.94. The Bertz CT molecular complexity index is 725. The first-order valence-corrected chi connectivity index (χ1v) is 8.54. The summed E-state index contributed by atoms with van der Waals surface area (Å²) in [5.74, 6) is 0.804. The molecule has 0 saturated heterocycles. The molecule has 2 rings (SSSR count). The topological polar surface area (TPSA) is 55.4 Å². The lowest BCUT2D eigenvalue weighted by molar-refractivity contribution is -0.120. The van der Waals surface area contributed by atoms with E-state index in [2.05, 4.69) is 24.4 Å². The molecule has 132 valence electrons. The van der Waals surface area contributed by atoms with Crippen LogP contribution in [0.25, 0.3) is 0 Å². The molecule has 0 aromatic heterocycles. The van der Waals surface area contributed by atoms with Gasteiger partial charge in [-0.2, -0.15) is 0 Å². The van der Waals surface area contributed by atoms with Gasteiger partial charge < -0.3 is 10.1 Å². The van der Waals surface area contributed by atoms with Gasteiger partial charge in [0.15, 0.2) is 5.78 Å². The molecule has 0 saturated carbocycles. The second-order valence-electron chi connectivity index (χ2n) is 6.08. The van der Waals surface area contributed by atoms with E-state index in [-0.39, 0.29) is 24.0 Å². The molecule has 2 aromatic rings. The Labute approximate surface area is 149 Å². The van der Waals surface area contributed by atoms with Gasteiger partial charge in [0.2, 0.25) is 5.91 Å². The third kappa shape index (κ3) is 5.18. The van der Waals surface area contributed by atoms with E-state index in [0.29, 0.717) is 17.9 Å². The summed E-state index contributed by atoms with van der Waals surface area (Å²) in [6, 6.07) is 15.4. The number of ketones is 1. The van der Waals surface area contributed by atoms with Gasteiger partial charge in [-0.15, -0.1) is 0 Å². The fourth-order valence-corrected chi connectivity index (χ4v) is 2.83. The van der Waals surface area contributed by atoms with Gasteiger partial charge in [0.25, 0.3) is 0 Å². The predicted octanol–water partition coefficient (Wildman–Crippen LogP) is 3.75. The molecule has 1 N–H and O–H groups in total. The number of amides is 1. The zero-order chi connectivity index (χ0) is 18.2. The van der Waals surface area contributed by atoms with E-state index in [1.807, 2.05) is 18.2 Å². The number of hydrogen-bond acceptors (Lipinski definition) is 3. The predicted molar refractivity (Wildman–Crippen MR) is 99.2 cm³/mol. The lowest BCUT2D eigenvalue weighted by atomic mass is 9.96. The normalized spacial score (nSPS) is 11.6. The summed E-state index contributed by atoms with van der Waals surface area (Å²) in [6.45, 7) is 4.22. The summed E-state index contributed by atoms with van der Waals surface area (Å²) in [5, 5.41) is 3.00. The monoisotopic (exact) mass is 339 g/mol. The van der Waals surface area contributed by atoms with Crippen LogP contribution in [0.1, 0.15) is 47.7 Å². The van der Waals surface area contributed by atoms with E-state index in [4.69, 9.17) is 4.74 Å². The number of benzene rings is 2. The minimum Gasteiger partial charge on any atom is -0.496 e. The third-order valence-electron chi connectivity index (χ3n) is 4.35. The van der Waals surface area contributed by atoms with Crippen molar-refractivity contribution < 1.29 is 14.3 Å². The first-order valence-electron chi connectivity index (χ1n) is 8.54. The SMILES string of the molecule is CCC(CNC(=O)Cc1cc(C(C)=O)ccc1OC)c1ccccc1. The molecule has 1 atom stereocenters. The molecule has 25 heavy (non-hydrogen) atoms. The number of Topliss-reactive ketones (excluding diaryl/α,β-unsaturated/α-hetero) is 1. The van der Waals surface area contributed by atoms with Crippen LogP contribution in [-0.2, 0) is 11.2 Å². The van der Waals surface area contributed by atoms with E-state index in [1.165, 1.54) is 12.5 Å². The third-order valence-corrected chi connectivity index (χ3v) is 4.35. The summed E-state index contributed by atoms with van der Waals surface area (Å²) in [4.78, 5) is 23.9. The average molecular weight is 339 g/mol. The van der Waals surface area contributed by atoms with E-state index >= 15 is 0 Å². The maximum atomic E-state index is 12.4. The van der Waals surface area contributed by atoms with Crippen molar-refractivity contribution in [3.63, 3.8) is 0 Å². The zero-order valence-electron chi connectivity index (χ0n) is 15.0. The quantitative estimate of drug-likeness (QED) is 0.745. The highest BCUT2D eigenvalue weighted by atomic mass is 16.5. The lowest BCUT2D eigenvalue weighted by Gasteiger charge is -2.17. The van der Waals surface area contributed by atoms with Gasteiger partial charge in [-0.3, -0.25) is 9.59 Å². The van der Waals surface area contributed by atoms with E-state index in [9.17, 15) is 9.59 Å². The molecule has 0 heterocycles. The molecule has 0 bridgehead atoms. The number of nitrogens with one attached hydrogen (secondary N) is 1. The van der Waals surface area contributed by atoms with Crippen LogP contribution in [0.4, 0.5) is 0 Å². The van der Waals surface area contributed by atoms with Crippen LogP contribution in [0.15, 0.2) is 48.5 Å². The van der Waals surface area contributed by atoms with Crippen molar-refractivity contribution in [1.29, 1.82) is 0 Å². The van der Waals surface area contributed by atoms with E-state index in [1.54, 1.807) is 25.3 Å². The molecule has 0 aliphatic rings. The van der Waals surface area contributed by atoms with Gasteiger partial charge in [0, 0.05) is 23.6 Å². The Balaban J connectivity index is 2.02. The number of hydrogen-bond donors (Lipinski definition) is 1.